The lowest BCUT2D eigenvalue weighted by molar-refractivity contribution is 0.0217. The van der Waals surface area contributed by atoms with E-state index in [0.29, 0.717) is 5.82 Å². The number of aromatic nitrogens is 2. The van der Waals surface area contributed by atoms with Gasteiger partial charge in [-0.25, -0.2) is 9.78 Å². The number of ether oxygens (including phenoxy) is 1. The summed E-state index contributed by atoms with van der Waals surface area (Å²) in [5, 5.41) is 2.83. The highest BCUT2D eigenvalue weighted by Crippen LogP contribution is 2.35. The van der Waals surface area contributed by atoms with E-state index in [-0.39, 0.29) is 11.0 Å². The van der Waals surface area contributed by atoms with Crippen molar-refractivity contribution in [3.8, 4) is 11.3 Å². The van der Waals surface area contributed by atoms with E-state index in [1.807, 2.05) is 65.8 Å². The zero-order valence-electron chi connectivity index (χ0n) is 15.6. The molecule has 1 amide bonds. The smallest absolute Gasteiger partial charge is 0.408 e. The Morgan fingerprint density at radius 3 is 2.28 bits per heavy atom. The van der Waals surface area contributed by atoms with Gasteiger partial charge in [0.2, 0.25) is 0 Å². The van der Waals surface area contributed by atoms with Crippen LogP contribution in [0.3, 0.4) is 0 Å². The summed E-state index contributed by atoms with van der Waals surface area (Å²) in [4.78, 5) is 20.0. The van der Waals surface area contributed by atoms with Crippen molar-refractivity contribution in [3.05, 3.63) is 40.8 Å². The molecule has 0 saturated heterocycles. The fourth-order valence-corrected chi connectivity index (χ4v) is 2.60. The Morgan fingerprint density at radius 2 is 1.76 bits per heavy atom. The number of imidazole rings is 1. The van der Waals surface area contributed by atoms with Crippen LogP contribution in [-0.2, 0) is 4.74 Å². The van der Waals surface area contributed by atoms with E-state index >= 15 is 0 Å². The molecule has 0 aliphatic heterocycles. The topological polar surface area (TPSA) is 67.0 Å². The molecule has 0 fully saturated rings. The van der Waals surface area contributed by atoms with Crippen molar-refractivity contribution in [2.45, 2.75) is 53.2 Å². The Balaban J connectivity index is 2.24. The largest absolute Gasteiger partial charge is 0.438 e. The van der Waals surface area contributed by atoms with Crippen molar-refractivity contribution >= 4 is 22.0 Å². The zero-order chi connectivity index (χ0) is 18.8. The van der Waals surface area contributed by atoms with Gasteiger partial charge < -0.3 is 15.0 Å². The van der Waals surface area contributed by atoms with Gasteiger partial charge in [-0.05, 0) is 38.5 Å². The summed E-state index contributed by atoms with van der Waals surface area (Å²) >= 11 is 3.43. The summed E-state index contributed by atoms with van der Waals surface area (Å²) in [5.41, 5.74) is 1.25. The minimum Gasteiger partial charge on any atom is -0.438 e. The van der Waals surface area contributed by atoms with Gasteiger partial charge in [-0.15, -0.1) is 0 Å². The molecule has 2 N–H and O–H groups in total. The maximum Gasteiger partial charge on any atom is 0.408 e. The predicted octanol–water partition coefficient (Wildman–Crippen LogP) is 5.45. The standard InChI is InChI=1S/C19H26BrN3O2/c1-18(2,3)15(25-17(24)23-19(4,5)6)16-21-11-14(22-16)12-7-9-13(20)10-8-12/h7-11,15H,1-6H3,(H,21,22)(H,23,24)/t15-/m1/s1. The van der Waals surface area contributed by atoms with E-state index < -0.39 is 12.2 Å². The van der Waals surface area contributed by atoms with Crippen molar-refractivity contribution < 1.29 is 9.53 Å². The Labute approximate surface area is 157 Å². The van der Waals surface area contributed by atoms with Crippen molar-refractivity contribution in [1.29, 1.82) is 0 Å². The average molecular weight is 408 g/mol. The molecular formula is C19H26BrN3O2. The number of nitrogens with one attached hydrogen (secondary N) is 2. The number of H-pyrrole nitrogens is 1. The fraction of sp³-hybridized carbons (Fsp3) is 0.474. The van der Waals surface area contributed by atoms with Crippen molar-refractivity contribution in [2.75, 3.05) is 0 Å². The lowest BCUT2D eigenvalue weighted by Gasteiger charge is -2.30. The molecular weight excluding hydrogens is 382 g/mol. The van der Waals surface area contributed by atoms with Gasteiger partial charge in [-0.3, -0.25) is 0 Å². The van der Waals surface area contributed by atoms with Crippen LogP contribution in [0.15, 0.2) is 34.9 Å². The van der Waals surface area contributed by atoms with Gasteiger partial charge in [0, 0.05) is 15.4 Å². The Bertz CT molecular complexity index is 724. The van der Waals surface area contributed by atoms with Gasteiger partial charge in [-0.1, -0.05) is 48.8 Å². The summed E-state index contributed by atoms with van der Waals surface area (Å²) < 4.78 is 6.71. The van der Waals surface area contributed by atoms with Crippen molar-refractivity contribution in [2.24, 2.45) is 5.41 Å². The van der Waals surface area contributed by atoms with E-state index in [9.17, 15) is 4.79 Å². The number of amides is 1. The molecule has 0 bridgehead atoms. The Kier molecular flexibility index (Phi) is 5.62. The average Bonchev–Trinajstić information content (AvgIpc) is 2.91. The van der Waals surface area contributed by atoms with Gasteiger partial charge in [0.1, 0.15) is 5.82 Å². The molecule has 0 radical (unpaired) electrons. The minimum atomic E-state index is -0.487. The first kappa shape index (κ1) is 19.5. The van der Waals surface area contributed by atoms with Crippen LogP contribution in [0.25, 0.3) is 11.3 Å². The van der Waals surface area contributed by atoms with Crippen LogP contribution < -0.4 is 5.32 Å². The number of halogens is 1. The molecule has 0 unspecified atom stereocenters. The zero-order valence-corrected chi connectivity index (χ0v) is 17.2. The summed E-state index contributed by atoms with van der Waals surface area (Å²) in [5.74, 6) is 0.634. The Morgan fingerprint density at radius 1 is 1.16 bits per heavy atom. The molecule has 0 saturated carbocycles. The number of rotatable bonds is 3. The molecule has 25 heavy (non-hydrogen) atoms. The van der Waals surface area contributed by atoms with Gasteiger partial charge in [0.05, 0.1) is 11.9 Å². The summed E-state index contributed by atoms with van der Waals surface area (Å²) in [7, 11) is 0. The van der Waals surface area contributed by atoms with Gasteiger partial charge in [0.25, 0.3) is 0 Å². The fourth-order valence-electron chi connectivity index (χ4n) is 2.33. The quantitative estimate of drug-likeness (QED) is 0.710. The number of hydrogen-bond acceptors (Lipinski definition) is 3. The summed E-state index contributed by atoms with van der Waals surface area (Å²) in [6.45, 7) is 11.8. The van der Waals surface area contributed by atoms with Crippen molar-refractivity contribution in [3.63, 3.8) is 0 Å². The van der Waals surface area contributed by atoms with E-state index in [2.05, 4.69) is 31.2 Å². The lowest BCUT2D eigenvalue weighted by Crippen LogP contribution is -2.42. The molecule has 136 valence electrons. The number of alkyl carbamates (subject to hydrolysis) is 1. The Hall–Kier alpha value is -1.82. The third-order valence-electron chi connectivity index (χ3n) is 3.49. The van der Waals surface area contributed by atoms with Crippen LogP contribution in [0.5, 0.6) is 0 Å². The van der Waals surface area contributed by atoms with E-state index in [1.165, 1.54) is 0 Å². The molecule has 2 rings (SSSR count). The van der Waals surface area contributed by atoms with Crippen LogP contribution in [0.1, 0.15) is 53.5 Å². The molecule has 0 spiro atoms. The molecule has 5 nitrogen and oxygen atoms in total. The van der Waals surface area contributed by atoms with Crippen LogP contribution >= 0.6 is 15.9 Å². The van der Waals surface area contributed by atoms with Gasteiger partial charge >= 0.3 is 6.09 Å². The van der Waals surface area contributed by atoms with E-state index in [1.54, 1.807) is 6.20 Å². The summed E-state index contributed by atoms with van der Waals surface area (Å²) in [6.07, 6.45) is 0.829. The second kappa shape index (κ2) is 7.20. The van der Waals surface area contributed by atoms with E-state index in [0.717, 1.165) is 15.7 Å². The third-order valence-corrected chi connectivity index (χ3v) is 4.02. The molecule has 0 aliphatic carbocycles. The van der Waals surface area contributed by atoms with Crippen LogP contribution in [-0.4, -0.2) is 21.6 Å². The minimum absolute atomic E-state index is 0.302. The highest BCUT2D eigenvalue weighted by Gasteiger charge is 2.33. The molecule has 1 aromatic heterocycles. The molecule has 2 aromatic rings. The number of aromatic amines is 1. The molecule has 1 aromatic carbocycles. The van der Waals surface area contributed by atoms with E-state index in [4.69, 9.17) is 4.74 Å². The highest BCUT2D eigenvalue weighted by atomic mass is 79.9. The summed E-state index contributed by atoms with van der Waals surface area (Å²) in [6, 6.07) is 7.95. The second-order valence-electron chi connectivity index (χ2n) is 8.22. The number of benzene rings is 1. The van der Waals surface area contributed by atoms with Gasteiger partial charge in [0.15, 0.2) is 6.10 Å². The predicted molar refractivity (Wildman–Crippen MR) is 103 cm³/mol. The number of nitrogens with zero attached hydrogens (tertiary/aromatic N) is 1. The van der Waals surface area contributed by atoms with Crippen LogP contribution in [0.2, 0.25) is 0 Å². The molecule has 1 heterocycles. The van der Waals surface area contributed by atoms with Crippen molar-refractivity contribution in [1.82, 2.24) is 15.3 Å². The first-order valence-electron chi connectivity index (χ1n) is 8.25. The maximum absolute atomic E-state index is 12.2. The third kappa shape index (κ3) is 5.59. The maximum atomic E-state index is 12.2. The first-order chi connectivity index (χ1) is 11.5. The van der Waals surface area contributed by atoms with Gasteiger partial charge in [-0.2, -0.15) is 0 Å². The molecule has 1 atom stereocenters. The lowest BCUT2D eigenvalue weighted by atomic mass is 9.88. The number of carbonyl (C=O) groups is 1. The SMILES string of the molecule is CC(C)(C)NC(=O)O[C@H](c1ncc(-c2ccc(Br)cc2)[nH]1)C(C)(C)C. The van der Waals surface area contributed by atoms with Crippen LogP contribution in [0, 0.1) is 5.41 Å². The molecule has 0 aliphatic rings. The number of hydrogen-bond donors (Lipinski definition) is 2. The number of carbonyl (C=O) groups excluding carboxylic acids is 1. The van der Waals surface area contributed by atoms with Crippen LogP contribution in [0.4, 0.5) is 4.79 Å². The molecule has 6 heteroatoms. The second-order valence-corrected chi connectivity index (χ2v) is 9.13. The highest BCUT2D eigenvalue weighted by molar-refractivity contribution is 9.10. The first-order valence-corrected chi connectivity index (χ1v) is 9.05. The normalized spacial score (nSPS) is 13.4. The monoisotopic (exact) mass is 407 g/mol.